The van der Waals surface area contributed by atoms with E-state index in [-0.39, 0.29) is 0 Å². The molecule has 2 atom stereocenters. The molecule has 0 spiro atoms. The Labute approximate surface area is 49.4 Å². The van der Waals surface area contributed by atoms with Crippen LogP contribution >= 0.6 is 10.6 Å². The van der Waals surface area contributed by atoms with Gasteiger partial charge in [-0.1, -0.05) is 0 Å². The van der Waals surface area contributed by atoms with Crippen molar-refractivity contribution in [2.45, 2.75) is 12.1 Å². The smallest absolute Gasteiger partial charge is 0.0544 e. The zero-order valence-electron chi connectivity index (χ0n) is 4.37. The van der Waals surface area contributed by atoms with Gasteiger partial charge in [-0.3, -0.25) is 9.11 Å². The van der Waals surface area contributed by atoms with E-state index >= 15 is 0 Å². The van der Waals surface area contributed by atoms with Gasteiger partial charge in [0.2, 0.25) is 0 Å². The summed E-state index contributed by atoms with van der Waals surface area (Å²) < 4.78 is 18.0. The third-order valence-electron chi connectivity index (χ3n) is 1.70. The number of hydrogen-bond donors (Lipinski definition) is 3. The van der Waals surface area contributed by atoms with Crippen LogP contribution in [0.5, 0.6) is 0 Å². The number of fused-ring (bicyclic) bond motifs is 1. The summed E-state index contributed by atoms with van der Waals surface area (Å²) in [6, 6.07) is 0.889. The predicted molar refractivity (Wildman–Crippen MR) is 33.3 cm³/mol. The Morgan fingerprint density at radius 2 is 1.75 bits per heavy atom. The molecule has 2 unspecified atom stereocenters. The predicted octanol–water partition coefficient (Wildman–Crippen LogP) is 0.0910. The number of rotatable bonds is 0. The highest BCUT2D eigenvalue weighted by molar-refractivity contribution is 8.24. The fourth-order valence-electron chi connectivity index (χ4n) is 1.19. The summed E-state index contributed by atoms with van der Waals surface area (Å²) in [5.74, 6) is 1.19. The van der Waals surface area contributed by atoms with Crippen LogP contribution in [0.15, 0.2) is 0 Å². The third kappa shape index (κ3) is 0.647. The molecule has 0 radical (unpaired) electrons. The van der Waals surface area contributed by atoms with E-state index in [1.54, 1.807) is 0 Å². The Morgan fingerprint density at radius 1 is 1.25 bits per heavy atom. The maximum Gasteiger partial charge on any atom is 0.0544 e. The lowest BCUT2D eigenvalue weighted by atomic mass is 10.4. The van der Waals surface area contributed by atoms with Crippen molar-refractivity contribution >= 4 is 10.6 Å². The van der Waals surface area contributed by atoms with Gasteiger partial charge in [0.1, 0.15) is 0 Å². The highest BCUT2D eigenvalue weighted by Gasteiger charge is 2.48. The van der Waals surface area contributed by atoms with Crippen LogP contribution in [0.1, 0.15) is 0 Å². The first-order chi connectivity index (χ1) is 3.67. The van der Waals surface area contributed by atoms with E-state index in [0.717, 1.165) is 0 Å². The summed E-state index contributed by atoms with van der Waals surface area (Å²) >= 11 is 0. The van der Waals surface area contributed by atoms with Crippen molar-refractivity contribution in [1.29, 1.82) is 0 Å². The molecule has 0 bridgehead atoms. The van der Waals surface area contributed by atoms with Crippen LogP contribution in [0.4, 0.5) is 0 Å². The molecule has 3 N–H and O–H groups in total. The molecule has 2 rings (SSSR count). The molecule has 2 aliphatic rings. The highest BCUT2D eigenvalue weighted by atomic mass is 32.3. The van der Waals surface area contributed by atoms with Crippen LogP contribution in [0.3, 0.4) is 0 Å². The number of hydrogen-bond acceptors (Lipinski definition) is 3. The van der Waals surface area contributed by atoms with Crippen LogP contribution < -0.4 is 5.32 Å². The molecular weight excluding hydrogens is 126 g/mol. The zero-order chi connectivity index (χ0) is 5.78. The van der Waals surface area contributed by atoms with E-state index in [1.807, 2.05) is 0 Å². The normalized spacial score (nSPS) is 52.8. The molecule has 0 aromatic rings. The van der Waals surface area contributed by atoms with Gasteiger partial charge in [0.15, 0.2) is 0 Å². The fraction of sp³-hybridized carbons (Fsp3) is 1.00. The van der Waals surface area contributed by atoms with Gasteiger partial charge in [0.05, 0.1) is 11.5 Å². The van der Waals surface area contributed by atoms with Gasteiger partial charge in [0, 0.05) is 12.1 Å². The van der Waals surface area contributed by atoms with Gasteiger partial charge < -0.3 is 5.32 Å². The van der Waals surface area contributed by atoms with Crippen molar-refractivity contribution in [3.05, 3.63) is 0 Å². The molecule has 48 valence electrons. The van der Waals surface area contributed by atoms with Gasteiger partial charge in [-0.25, -0.2) is 0 Å². The summed E-state index contributed by atoms with van der Waals surface area (Å²) in [7, 11) is -2.11. The molecule has 3 nitrogen and oxygen atoms in total. The molecule has 2 heterocycles. The molecule has 0 saturated carbocycles. The second-order valence-electron chi connectivity index (χ2n) is 2.52. The molecule has 2 saturated heterocycles. The maximum atomic E-state index is 8.99. The maximum absolute atomic E-state index is 8.99. The van der Waals surface area contributed by atoms with Crippen LogP contribution in [-0.2, 0) is 0 Å². The van der Waals surface area contributed by atoms with Crippen molar-refractivity contribution in [1.82, 2.24) is 5.32 Å². The molecule has 2 fully saturated rings. The lowest BCUT2D eigenvalue weighted by Crippen LogP contribution is -2.10. The second-order valence-corrected chi connectivity index (χ2v) is 4.79. The average Bonchev–Trinajstić information content (AvgIpc) is 2.11. The van der Waals surface area contributed by atoms with Crippen LogP contribution in [-0.4, -0.2) is 32.7 Å². The molecule has 0 aliphatic carbocycles. The highest BCUT2D eigenvalue weighted by Crippen LogP contribution is 2.50. The molecule has 0 amide bonds. The third-order valence-corrected chi connectivity index (χ3v) is 3.48. The minimum Gasteiger partial charge on any atom is -0.305 e. The summed E-state index contributed by atoms with van der Waals surface area (Å²) in [6.07, 6.45) is 0. The Morgan fingerprint density at radius 3 is 2.00 bits per heavy atom. The first-order valence-electron chi connectivity index (χ1n) is 2.67. The fourth-order valence-corrected chi connectivity index (χ4v) is 3.13. The lowest BCUT2D eigenvalue weighted by Gasteiger charge is -2.27. The Bertz CT molecular complexity index is 115. The number of nitrogens with one attached hydrogen (secondary N) is 1. The van der Waals surface area contributed by atoms with Gasteiger partial charge in [-0.15, -0.1) is 0 Å². The quantitative estimate of drug-likeness (QED) is 0.412. The minimum atomic E-state index is -2.11. The Kier molecular flexibility index (Phi) is 0.764. The van der Waals surface area contributed by atoms with Gasteiger partial charge in [-0.05, 0) is 0 Å². The standard InChI is InChI=1S/C4H9NO2S/c6-8(7)1-3-4(2-8)5-3/h3-7H,1-2H2. The summed E-state index contributed by atoms with van der Waals surface area (Å²) in [6.45, 7) is 0. The van der Waals surface area contributed by atoms with E-state index in [9.17, 15) is 0 Å². The minimum absolute atomic E-state index is 0.444. The monoisotopic (exact) mass is 135 g/mol. The van der Waals surface area contributed by atoms with E-state index in [2.05, 4.69) is 5.32 Å². The van der Waals surface area contributed by atoms with E-state index in [1.165, 1.54) is 0 Å². The molecule has 8 heavy (non-hydrogen) atoms. The van der Waals surface area contributed by atoms with Crippen molar-refractivity contribution in [3.8, 4) is 0 Å². The second kappa shape index (κ2) is 1.21. The lowest BCUT2D eigenvalue weighted by molar-refractivity contribution is 0.491. The first-order valence-corrected chi connectivity index (χ1v) is 4.55. The molecule has 2 aliphatic heterocycles. The van der Waals surface area contributed by atoms with Gasteiger partial charge in [-0.2, -0.15) is 10.6 Å². The van der Waals surface area contributed by atoms with Crippen molar-refractivity contribution in [3.63, 3.8) is 0 Å². The van der Waals surface area contributed by atoms with E-state index < -0.39 is 10.6 Å². The van der Waals surface area contributed by atoms with Gasteiger partial charge >= 0.3 is 0 Å². The van der Waals surface area contributed by atoms with Gasteiger partial charge in [0.25, 0.3) is 0 Å². The molecule has 0 aromatic heterocycles. The summed E-state index contributed by atoms with van der Waals surface area (Å²) in [5.41, 5.74) is 0. The molecule has 4 heteroatoms. The Balaban J connectivity index is 2.08. The summed E-state index contributed by atoms with van der Waals surface area (Å²) in [4.78, 5) is 0. The van der Waals surface area contributed by atoms with Crippen LogP contribution in [0.2, 0.25) is 0 Å². The van der Waals surface area contributed by atoms with Crippen LogP contribution in [0.25, 0.3) is 0 Å². The Hall–Kier alpha value is 0.230. The van der Waals surface area contributed by atoms with E-state index in [0.29, 0.717) is 23.6 Å². The topological polar surface area (TPSA) is 62.4 Å². The van der Waals surface area contributed by atoms with Crippen LogP contribution in [0, 0.1) is 0 Å². The zero-order valence-corrected chi connectivity index (χ0v) is 5.19. The van der Waals surface area contributed by atoms with E-state index in [4.69, 9.17) is 9.11 Å². The summed E-state index contributed by atoms with van der Waals surface area (Å²) in [5, 5.41) is 3.12. The average molecular weight is 135 g/mol. The molecule has 0 aromatic carbocycles. The van der Waals surface area contributed by atoms with Crippen molar-refractivity contribution < 1.29 is 9.11 Å². The van der Waals surface area contributed by atoms with Crippen molar-refractivity contribution in [2.24, 2.45) is 0 Å². The SMILES string of the molecule is OS1(O)CC2NC2C1. The van der Waals surface area contributed by atoms with Crippen molar-refractivity contribution in [2.75, 3.05) is 11.5 Å². The first kappa shape index (κ1) is 5.05. The largest absolute Gasteiger partial charge is 0.305 e. The molecular formula is C4H9NO2S.